The molecular weight excluding hydrogens is 411 g/mol. The fourth-order valence-electron chi connectivity index (χ4n) is 1.70. The zero-order valence-electron chi connectivity index (χ0n) is 13.3. The molecule has 0 amide bonds. The molecule has 0 unspecified atom stereocenters. The average Bonchev–Trinajstić information content (AvgIpc) is 3.09. The highest BCUT2D eigenvalue weighted by Crippen LogP contribution is 2.23. The highest BCUT2D eigenvalue weighted by Gasteiger charge is 2.17. The summed E-state index contributed by atoms with van der Waals surface area (Å²) in [6.45, 7) is 7.78. The number of halogens is 1. The van der Waals surface area contributed by atoms with Gasteiger partial charge in [0.2, 0.25) is 0 Å². The Kier molecular flexibility index (Phi) is 7.34. The molecule has 0 spiro atoms. The number of furan rings is 1. The van der Waals surface area contributed by atoms with Gasteiger partial charge in [0.15, 0.2) is 5.96 Å². The Morgan fingerprint density at radius 3 is 2.59 bits per heavy atom. The molecule has 2 aromatic heterocycles. The second-order valence-corrected chi connectivity index (χ2v) is 6.68. The summed E-state index contributed by atoms with van der Waals surface area (Å²) >= 11 is 1.67. The standard InChI is InChI=1S/C15H22N4OS.HI/c1-15(2,3)12-10-21-13(19-12)9-18-14(16-4)17-8-11-6-5-7-20-11;/h5-7,10H,8-9H2,1-4H3,(H2,16,17,18);1H. The van der Waals surface area contributed by atoms with Crippen LogP contribution in [0.2, 0.25) is 0 Å². The van der Waals surface area contributed by atoms with E-state index in [4.69, 9.17) is 4.42 Å². The Hall–Kier alpha value is -1.09. The van der Waals surface area contributed by atoms with Gasteiger partial charge >= 0.3 is 0 Å². The molecular formula is C15H23IN4OS. The van der Waals surface area contributed by atoms with Gasteiger partial charge in [-0.3, -0.25) is 4.99 Å². The van der Waals surface area contributed by atoms with Gasteiger partial charge in [-0.15, -0.1) is 35.3 Å². The number of rotatable bonds is 4. The molecule has 0 aliphatic rings. The van der Waals surface area contributed by atoms with E-state index >= 15 is 0 Å². The van der Waals surface area contributed by atoms with Crippen molar-refractivity contribution in [2.75, 3.05) is 7.05 Å². The van der Waals surface area contributed by atoms with Gasteiger partial charge in [0.25, 0.3) is 0 Å². The van der Waals surface area contributed by atoms with Crippen LogP contribution < -0.4 is 10.6 Å². The first-order valence-corrected chi connectivity index (χ1v) is 7.79. The van der Waals surface area contributed by atoms with Crippen molar-refractivity contribution in [1.82, 2.24) is 15.6 Å². The van der Waals surface area contributed by atoms with Gasteiger partial charge in [-0.2, -0.15) is 0 Å². The van der Waals surface area contributed by atoms with E-state index in [1.165, 1.54) is 0 Å². The molecule has 2 heterocycles. The van der Waals surface area contributed by atoms with Crippen LogP contribution in [-0.4, -0.2) is 18.0 Å². The van der Waals surface area contributed by atoms with E-state index in [0.717, 1.165) is 22.4 Å². The van der Waals surface area contributed by atoms with Crippen molar-refractivity contribution >= 4 is 41.3 Å². The Balaban J connectivity index is 0.00000242. The second-order valence-electron chi connectivity index (χ2n) is 5.74. The predicted octanol–water partition coefficient (Wildman–Crippen LogP) is 3.52. The van der Waals surface area contributed by atoms with E-state index in [1.54, 1.807) is 24.6 Å². The average molecular weight is 434 g/mol. The van der Waals surface area contributed by atoms with Crippen molar-refractivity contribution in [2.24, 2.45) is 4.99 Å². The summed E-state index contributed by atoms with van der Waals surface area (Å²) in [6, 6.07) is 3.80. The van der Waals surface area contributed by atoms with E-state index in [2.05, 4.69) is 46.8 Å². The minimum Gasteiger partial charge on any atom is -0.467 e. The molecule has 2 aromatic rings. The van der Waals surface area contributed by atoms with Gasteiger partial charge in [0.1, 0.15) is 10.8 Å². The smallest absolute Gasteiger partial charge is 0.191 e. The van der Waals surface area contributed by atoms with Crippen molar-refractivity contribution in [1.29, 1.82) is 0 Å². The van der Waals surface area contributed by atoms with Crippen LogP contribution in [0.25, 0.3) is 0 Å². The van der Waals surface area contributed by atoms with Crippen molar-refractivity contribution in [3.05, 3.63) is 40.2 Å². The van der Waals surface area contributed by atoms with Gasteiger partial charge < -0.3 is 15.1 Å². The first kappa shape index (κ1) is 19.0. The third kappa shape index (κ3) is 5.60. The number of thiazole rings is 1. The lowest BCUT2D eigenvalue weighted by molar-refractivity contribution is 0.501. The van der Waals surface area contributed by atoms with Gasteiger partial charge in [-0.05, 0) is 12.1 Å². The van der Waals surface area contributed by atoms with Crippen LogP contribution in [0.1, 0.15) is 37.2 Å². The zero-order chi connectivity index (χ0) is 15.3. The molecule has 122 valence electrons. The lowest BCUT2D eigenvalue weighted by Crippen LogP contribution is -2.36. The number of nitrogens with one attached hydrogen (secondary N) is 2. The second kappa shape index (κ2) is 8.52. The SMILES string of the molecule is CN=C(NCc1ccco1)NCc1nc(C(C)(C)C)cs1.I. The van der Waals surface area contributed by atoms with Crippen LogP contribution in [0.3, 0.4) is 0 Å². The molecule has 0 saturated heterocycles. The van der Waals surface area contributed by atoms with Gasteiger partial charge in [0, 0.05) is 17.8 Å². The van der Waals surface area contributed by atoms with Crippen LogP contribution in [-0.2, 0) is 18.5 Å². The topological polar surface area (TPSA) is 62.5 Å². The minimum absolute atomic E-state index is 0. The summed E-state index contributed by atoms with van der Waals surface area (Å²) in [6.07, 6.45) is 1.66. The molecule has 7 heteroatoms. The van der Waals surface area contributed by atoms with Gasteiger partial charge in [-0.1, -0.05) is 20.8 Å². The quantitative estimate of drug-likeness (QED) is 0.439. The van der Waals surface area contributed by atoms with Crippen molar-refractivity contribution in [3.63, 3.8) is 0 Å². The number of nitrogens with zero attached hydrogens (tertiary/aromatic N) is 2. The Bertz CT molecular complexity index is 587. The number of hydrogen-bond donors (Lipinski definition) is 2. The molecule has 0 aliphatic heterocycles. The van der Waals surface area contributed by atoms with Crippen molar-refractivity contribution in [3.8, 4) is 0 Å². The summed E-state index contributed by atoms with van der Waals surface area (Å²) in [5.41, 5.74) is 1.22. The monoisotopic (exact) mass is 434 g/mol. The Morgan fingerprint density at radius 2 is 2.05 bits per heavy atom. The number of aliphatic imine (C=N–C) groups is 1. The van der Waals surface area contributed by atoms with Crippen molar-refractivity contribution < 1.29 is 4.42 Å². The minimum atomic E-state index is 0. The molecule has 2 N–H and O–H groups in total. The fourth-order valence-corrected chi connectivity index (χ4v) is 2.66. The molecule has 22 heavy (non-hydrogen) atoms. The first-order chi connectivity index (χ1) is 9.99. The third-order valence-corrected chi connectivity index (χ3v) is 3.81. The lowest BCUT2D eigenvalue weighted by Gasteiger charge is -2.14. The zero-order valence-corrected chi connectivity index (χ0v) is 16.5. The number of hydrogen-bond acceptors (Lipinski definition) is 4. The number of guanidine groups is 1. The summed E-state index contributed by atoms with van der Waals surface area (Å²) in [4.78, 5) is 8.84. The van der Waals surface area contributed by atoms with Crippen LogP contribution >= 0.6 is 35.3 Å². The molecule has 0 saturated carbocycles. The molecule has 5 nitrogen and oxygen atoms in total. The van der Waals surface area contributed by atoms with Crippen LogP contribution in [0.4, 0.5) is 0 Å². The van der Waals surface area contributed by atoms with E-state index in [-0.39, 0.29) is 29.4 Å². The van der Waals surface area contributed by atoms with Crippen LogP contribution in [0.5, 0.6) is 0 Å². The maximum atomic E-state index is 5.28. The van der Waals surface area contributed by atoms with Crippen LogP contribution in [0, 0.1) is 0 Å². The van der Waals surface area contributed by atoms with Crippen molar-refractivity contribution in [2.45, 2.75) is 39.3 Å². The van der Waals surface area contributed by atoms with E-state index in [0.29, 0.717) is 13.1 Å². The van der Waals surface area contributed by atoms with E-state index < -0.39 is 0 Å². The number of aromatic nitrogens is 1. The molecule has 0 radical (unpaired) electrons. The predicted molar refractivity (Wildman–Crippen MR) is 102 cm³/mol. The van der Waals surface area contributed by atoms with Gasteiger partial charge in [-0.25, -0.2) is 4.98 Å². The molecule has 0 aromatic carbocycles. The van der Waals surface area contributed by atoms with E-state index in [9.17, 15) is 0 Å². The Morgan fingerprint density at radius 1 is 1.32 bits per heavy atom. The molecule has 0 fully saturated rings. The summed E-state index contributed by atoms with van der Waals surface area (Å²) in [5, 5.41) is 9.64. The highest BCUT2D eigenvalue weighted by molar-refractivity contribution is 14.0. The third-order valence-electron chi connectivity index (χ3n) is 2.96. The highest BCUT2D eigenvalue weighted by atomic mass is 127. The molecule has 0 bridgehead atoms. The fraction of sp³-hybridized carbons (Fsp3) is 0.467. The molecule has 2 rings (SSSR count). The normalized spacial score (nSPS) is 11.9. The van der Waals surface area contributed by atoms with Crippen LogP contribution in [0.15, 0.2) is 33.2 Å². The molecule has 0 atom stereocenters. The maximum absolute atomic E-state index is 5.28. The molecule has 0 aliphatic carbocycles. The summed E-state index contributed by atoms with van der Waals surface area (Å²) < 4.78 is 5.28. The maximum Gasteiger partial charge on any atom is 0.191 e. The summed E-state index contributed by atoms with van der Waals surface area (Å²) in [7, 11) is 1.75. The van der Waals surface area contributed by atoms with E-state index in [1.807, 2.05) is 12.1 Å². The Labute approximate surface area is 152 Å². The summed E-state index contributed by atoms with van der Waals surface area (Å²) in [5.74, 6) is 1.61. The largest absolute Gasteiger partial charge is 0.467 e. The first-order valence-electron chi connectivity index (χ1n) is 6.91. The van der Waals surface area contributed by atoms with Gasteiger partial charge in [0.05, 0.1) is 25.0 Å². The lowest BCUT2D eigenvalue weighted by atomic mass is 9.93.